The molecule has 0 saturated carbocycles. The van der Waals surface area contributed by atoms with Gasteiger partial charge in [-0.1, -0.05) is 6.07 Å². The number of hydrogen-bond acceptors (Lipinski definition) is 2. The van der Waals surface area contributed by atoms with Crippen LogP contribution in [-0.2, 0) is 0 Å². The Kier molecular flexibility index (Phi) is 2.26. The van der Waals surface area contributed by atoms with Gasteiger partial charge in [-0.15, -0.1) is 0 Å². The van der Waals surface area contributed by atoms with Crippen LogP contribution in [0.4, 0.5) is 12.9 Å². The maximum Gasteiger partial charge on any atom is 0.527 e. The number of aromatic nitrogens is 1. The third-order valence-electron chi connectivity index (χ3n) is 1.33. The van der Waals surface area contributed by atoms with Gasteiger partial charge in [0.15, 0.2) is 0 Å². The number of pyridine rings is 1. The van der Waals surface area contributed by atoms with Crippen molar-refractivity contribution in [1.82, 2.24) is 4.98 Å². The molecule has 0 saturated heterocycles. The Balaban J connectivity index is 2.93. The van der Waals surface area contributed by atoms with Crippen LogP contribution in [0.15, 0.2) is 18.3 Å². The minimum absolute atomic E-state index is 0.318. The van der Waals surface area contributed by atoms with Crippen molar-refractivity contribution in [1.29, 1.82) is 0 Å². The van der Waals surface area contributed by atoms with Crippen molar-refractivity contribution in [3.05, 3.63) is 18.3 Å². The molecule has 0 N–H and O–H groups in total. The zero-order valence-corrected chi connectivity index (χ0v) is 6.30. The predicted octanol–water partition coefficient (Wildman–Crippen LogP) is 1.14. The van der Waals surface area contributed by atoms with Gasteiger partial charge in [0.2, 0.25) is 0 Å². The fourth-order valence-electron chi connectivity index (χ4n) is 0.706. The van der Waals surface area contributed by atoms with Gasteiger partial charge in [0, 0.05) is 0 Å². The summed E-state index contributed by atoms with van der Waals surface area (Å²) in [5.74, 6) is 0.318. The van der Waals surface area contributed by atoms with E-state index in [0.717, 1.165) is 12.3 Å². The molecule has 6 heteroatoms. The summed E-state index contributed by atoms with van der Waals surface area (Å²) in [7, 11) is 1.37. The molecule has 1 aromatic rings. The van der Waals surface area contributed by atoms with E-state index in [1.54, 1.807) is 0 Å². The van der Waals surface area contributed by atoms with E-state index in [4.69, 9.17) is 0 Å². The SMILES string of the molecule is COc1ccc([B-](F)(F)F)nc1. The normalized spacial score (nSPS) is 11.3. The second-order valence-electron chi connectivity index (χ2n) is 2.20. The van der Waals surface area contributed by atoms with E-state index >= 15 is 0 Å². The number of halogens is 3. The molecule has 1 heterocycles. The molecule has 1 rings (SSSR count). The monoisotopic (exact) mass is 176 g/mol. The maximum absolute atomic E-state index is 12.0. The quantitative estimate of drug-likeness (QED) is 0.630. The summed E-state index contributed by atoms with van der Waals surface area (Å²) >= 11 is 0. The molecule has 0 unspecified atom stereocenters. The molecule has 2 nitrogen and oxygen atoms in total. The maximum atomic E-state index is 12.0. The minimum atomic E-state index is -4.99. The summed E-state index contributed by atoms with van der Waals surface area (Å²) in [6, 6.07) is 2.14. The number of methoxy groups -OCH3 is 1. The topological polar surface area (TPSA) is 22.1 Å². The van der Waals surface area contributed by atoms with Gasteiger partial charge >= 0.3 is 6.98 Å². The third-order valence-corrected chi connectivity index (χ3v) is 1.33. The molecule has 0 aliphatic rings. The van der Waals surface area contributed by atoms with Crippen LogP contribution in [0, 0.1) is 0 Å². The number of ether oxygens (including phenoxy) is 1. The Bertz CT molecular complexity index is 258. The number of hydrogen-bond donors (Lipinski definition) is 0. The van der Waals surface area contributed by atoms with E-state index < -0.39 is 12.6 Å². The standard InChI is InChI=1S/C6H6BF3NO/c1-12-5-2-3-6(11-4-5)7(8,9)10/h2-4H,1H3/q-1. The van der Waals surface area contributed by atoms with Gasteiger partial charge in [0.25, 0.3) is 0 Å². The Hall–Kier alpha value is -1.20. The molecule has 0 aromatic carbocycles. The van der Waals surface area contributed by atoms with Crippen molar-refractivity contribution >= 4 is 12.6 Å². The lowest BCUT2D eigenvalue weighted by molar-refractivity contribution is 0.413. The van der Waals surface area contributed by atoms with Crippen LogP contribution < -0.4 is 10.3 Å². The highest BCUT2D eigenvalue weighted by molar-refractivity contribution is 6.72. The Morgan fingerprint density at radius 3 is 2.33 bits per heavy atom. The zero-order chi connectivity index (χ0) is 9.19. The van der Waals surface area contributed by atoms with Crippen molar-refractivity contribution in [2.45, 2.75) is 0 Å². The Morgan fingerprint density at radius 2 is 2.00 bits per heavy atom. The van der Waals surface area contributed by atoms with Crippen LogP contribution >= 0.6 is 0 Å². The van der Waals surface area contributed by atoms with E-state index in [1.165, 1.54) is 13.2 Å². The predicted molar refractivity (Wildman–Crippen MR) is 39.5 cm³/mol. The third kappa shape index (κ3) is 1.90. The molecule has 0 amide bonds. The molecular formula is C6H6BF3NO-. The molecule has 0 radical (unpaired) electrons. The molecular weight excluding hydrogens is 170 g/mol. The van der Waals surface area contributed by atoms with E-state index in [-0.39, 0.29) is 0 Å². The summed E-state index contributed by atoms with van der Waals surface area (Å²) in [6.45, 7) is -4.99. The van der Waals surface area contributed by atoms with Gasteiger partial charge in [-0.2, -0.15) is 0 Å². The van der Waals surface area contributed by atoms with Gasteiger partial charge in [-0.25, -0.2) is 0 Å². The molecule has 0 fully saturated rings. The summed E-state index contributed by atoms with van der Waals surface area (Å²) in [5.41, 5.74) is -0.851. The highest BCUT2D eigenvalue weighted by Crippen LogP contribution is 2.10. The first-order valence-electron chi connectivity index (χ1n) is 3.24. The van der Waals surface area contributed by atoms with Crippen molar-refractivity contribution in [2.24, 2.45) is 0 Å². The molecule has 1 aromatic heterocycles. The van der Waals surface area contributed by atoms with E-state index in [0.29, 0.717) is 5.75 Å². The molecule has 12 heavy (non-hydrogen) atoms. The molecule has 0 bridgehead atoms. The van der Waals surface area contributed by atoms with Crippen molar-refractivity contribution in [3.63, 3.8) is 0 Å². The van der Waals surface area contributed by atoms with Crippen LogP contribution in [0.2, 0.25) is 0 Å². The van der Waals surface area contributed by atoms with Crippen LogP contribution in [0.3, 0.4) is 0 Å². The fourth-order valence-corrected chi connectivity index (χ4v) is 0.706. The van der Waals surface area contributed by atoms with Gasteiger partial charge in [-0.3, -0.25) is 4.98 Å². The van der Waals surface area contributed by atoms with Crippen molar-refractivity contribution in [2.75, 3.05) is 7.11 Å². The van der Waals surface area contributed by atoms with Crippen molar-refractivity contribution < 1.29 is 17.7 Å². The lowest BCUT2D eigenvalue weighted by atomic mass is 9.86. The second kappa shape index (κ2) is 3.04. The average molecular weight is 176 g/mol. The first-order valence-corrected chi connectivity index (χ1v) is 3.24. The second-order valence-corrected chi connectivity index (χ2v) is 2.20. The average Bonchev–Trinajstić information content (AvgIpc) is 2.03. The molecule has 0 aliphatic carbocycles. The molecule has 0 aliphatic heterocycles. The summed E-state index contributed by atoms with van der Waals surface area (Å²) in [5, 5.41) is 0. The van der Waals surface area contributed by atoms with Crippen molar-refractivity contribution in [3.8, 4) is 5.75 Å². The highest BCUT2D eigenvalue weighted by atomic mass is 19.4. The summed E-state index contributed by atoms with van der Waals surface area (Å²) in [6.07, 6.45) is 1.05. The van der Waals surface area contributed by atoms with Gasteiger partial charge < -0.3 is 17.7 Å². The Labute approximate surface area is 67.4 Å². The van der Waals surface area contributed by atoms with Gasteiger partial charge in [0.05, 0.1) is 13.3 Å². The number of rotatable bonds is 2. The fraction of sp³-hybridized carbons (Fsp3) is 0.167. The first kappa shape index (κ1) is 8.90. The van der Waals surface area contributed by atoms with Crippen LogP contribution in [0.5, 0.6) is 5.75 Å². The summed E-state index contributed by atoms with van der Waals surface area (Å²) < 4.78 is 40.6. The zero-order valence-electron chi connectivity index (χ0n) is 6.30. The smallest absolute Gasteiger partial charge is 0.495 e. The van der Waals surface area contributed by atoms with Crippen LogP contribution in [0.1, 0.15) is 0 Å². The lowest BCUT2D eigenvalue weighted by Crippen LogP contribution is -2.36. The molecule has 0 atom stereocenters. The lowest BCUT2D eigenvalue weighted by Gasteiger charge is -2.12. The number of nitrogens with zero attached hydrogens (tertiary/aromatic N) is 1. The highest BCUT2D eigenvalue weighted by Gasteiger charge is 2.26. The molecule has 0 spiro atoms. The first-order chi connectivity index (χ1) is 5.54. The van der Waals surface area contributed by atoms with Gasteiger partial charge in [-0.05, 0) is 11.7 Å². The minimum Gasteiger partial charge on any atom is -0.495 e. The van der Waals surface area contributed by atoms with E-state index in [9.17, 15) is 12.9 Å². The Morgan fingerprint density at radius 1 is 1.33 bits per heavy atom. The summed E-state index contributed by atoms with van der Waals surface area (Å²) in [4.78, 5) is 3.20. The van der Waals surface area contributed by atoms with E-state index in [2.05, 4.69) is 9.72 Å². The largest absolute Gasteiger partial charge is 0.527 e. The van der Waals surface area contributed by atoms with Crippen LogP contribution in [-0.4, -0.2) is 19.1 Å². The van der Waals surface area contributed by atoms with E-state index in [1.807, 2.05) is 0 Å². The molecule has 66 valence electrons. The van der Waals surface area contributed by atoms with Gasteiger partial charge in [0.1, 0.15) is 5.75 Å². The van der Waals surface area contributed by atoms with Crippen LogP contribution in [0.25, 0.3) is 0 Å².